The molecule has 19 heavy (non-hydrogen) atoms. The summed E-state index contributed by atoms with van der Waals surface area (Å²) in [6.07, 6.45) is 2.03. The predicted octanol–water partition coefficient (Wildman–Crippen LogP) is 1.17. The molecule has 0 aliphatic rings. The van der Waals surface area contributed by atoms with Gasteiger partial charge in [0, 0.05) is 19.3 Å². The molecule has 0 spiro atoms. The molecule has 0 unspecified atom stereocenters. The molecule has 0 aliphatic carbocycles. The minimum atomic E-state index is -3.83. The van der Waals surface area contributed by atoms with E-state index in [-0.39, 0.29) is 17.1 Å². The third-order valence-corrected chi connectivity index (χ3v) is 4.35. The number of carboxylic acids is 1. The van der Waals surface area contributed by atoms with E-state index in [4.69, 9.17) is 9.94 Å². The lowest BCUT2D eigenvalue weighted by Gasteiger charge is -2.16. The number of sulfonamides is 1. The maximum Gasteiger partial charge on any atom is 0.352 e. The summed E-state index contributed by atoms with van der Waals surface area (Å²) in [7, 11) is -2.58. The van der Waals surface area contributed by atoms with E-state index in [0.717, 1.165) is 10.5 Å². The van der Waals surface area contributed by atoms with Crippen molar-refractivity contribution < 1.29 is 23.2 Å². The van der Waals surface area contributed by atoms with Gasteiger partial charge in [0.25, 0.3) is 10.0 Å². The molecule has 0 fully saturated rings. The van der Waals surface area contributed by atoms with Gasteiger partial charge in [0.05, 0.1) is 7.11 Å². The van der Waals surface area contributed by atoms with Crippen LogP contribution in [0.3, 0.4) is 0 Å². The fourth-order valence-corrected chi connectivity index (χ4v) is 3.04. The zero-order chi connectivity index (χ0) is 14.6. The molecular weight excluding hydrogens is 272 g/mol. The molecule has 108 valence electrons. The highest BCUT2D eigenvalue weighted by Crippen LogP contribution is 2.19. The van der Waals surface area contributed by atoms with Crippen molar-refractivity contribution in [2.75, 3.05) is 13.7 Å². The van der Waals surface area contributed by atoms with Crippen molar-refractivity contribution in [1.82, 2.24) is 9.04 Å². The van der Waals surface area contributed by atoms with Gasteiger partial charge in [-0.15, -0.1) is 0 Å². The van der Waals surface area contributed by atoms with Crippen molar-refractivity contribution in [3.8, 4) is 0 Å². The molecule has 1 heterocycles. The topological polar surface area (TPSA) is 88.8 Å². The van der Waals surface area contributed by atoms with Crippen LogP contribution >= 0.6 is 0 Å². The Kier molecular flexibility index (Phi) is 5.10. The highest BCUT2D eigenvalue weighted by Gasteiger charge is 2.27. The van der Waals surface area contributed by atoms with Crippen molar-refractivity contribution in [1.29, 1.82) is 0 Å². The van der Waals surface area contributed by atoms with Gasteiger partial charge in [0.2, 0.25) is 0 Å². The molecule has 0 radical (unpaired) electrons. The SMILES string of the molecule is CCCn1cc(S(=O)(=O)N(CC)OC)cc1C(=O)O. The van der Waals surface area contributed by atoms with Crippen LogP contribution in [0.2, 0.25) is 0 Å². The van der Waals surface area contributed by atoms with Crippen molar-refractivity contribution in [2.45, 2.75) is 31.7 Å². The second kappa shape index (κ2) is 6.18. The van der Waals surface area contributed by atoms with E-state index in [1.54, 1.807) is 6.92 Å². The van der Waals surface area contributed by atoms with Crippen molar-refractivity contribution >= 4 is 16.0 Å². The first kappa shape index (κ1) is 15.7. The summed E-state index contributed by atoms with van der Waals surface area (Å²) in [5, 5.41) is 9.06. The average molecular weight is 290 g/mol. The van der Waals surface area contributed by atoms with Gasteiger partial charge < -0.3 is 9.67 Å². The van der Waals surface area contributed by atoms with Crippen LogP contribution in [0.5, 0.6) is 0 Å². The third-order valence-electron chi connectivity index (χ3n) is 2.58. The first-order valence-electron chi connectivity index (χ1n) is 5.88. The zero-order valence-corrected chi connectivity index (χ0v) is 12.0. The molecular formula is C11H18N2O5S. The Bertz CT molecular complexity index is 545. The summed E-state index contributed by atoms with van der Waals surface area (Å²) < 4.78 is 26.6. The fraction of sp³-hybridized carbons (Fsp3) is 0.545. The molecule has 1 aromatic rings. The van der Waals surface area contributed by atoms with Crippen LogP contribution in [-0.2, 0) is 21.4 Å². The van der Waals surface area contributed by atoms with Crippen LogP contribution in [0.4, 0.5) is 0 Å². The second-order valence-corrected chi connectivity index (χ2v) is 5.70. The molecule has 1 rings (SSSR count). The largest absolute Gasteiger partial charge is 0.477 e. The van der Waals surface area contributed by atoms with Gasteiger partial charge in [-0.2, -0.15) is 0 Å². The highest BCUT2D eigenvalue weighted by molar-refractivity contribution is 7.89. The highest BCUT2D eigenvalue weighted by atomic mass is 32.2. The minimum absolute atomic E-state index is 0.0485. The maximum absolute atomic E-state index is 12.2. The number of hydrogen-bond acceptors (Lipinski definition) is 4. The molecule has 0 aromatic carbocycles. The number of rotatable bonds is 7. The standard InChI is InChI=1S/C11H18N2O5S/c1-4-6-12-8-9(7-10(12)11(14)15)19(16,17)13(5-2)18-3/h7-8H,4-6H2,1-3H3,(H,14,15). The molecule has 0 saturated carbocycles. The van der Waals surface area contributed by atoms with E-state index < -0.39 is 16.0 Å². The van der Waals surface area contributed by atoms with Crippen LogP contribution in [0, 0.1) is 0 Å². The van der Waals surface area contributed by atoms with E-state index in [1.165, 1.54) is 17.9 Å². The number of aromatic nitrogens is 1. The summed E-state index contributed by atoms with van der Waals surface area (Å²) in [5.74, 6) is -1.16. The molecule has 1 N–H and O–H groups in total. The van der Waals surface area contributed by atoms with E-state index in [2.05, 4.69) is 0 Å². The van der Waals surface area contributed by atoms with Gasteiger partial charge in [-0.3, -0.25) is 4.84 Å². The first-order valence-corrected chi connectivity index (χ1v) is 7.32. The van der Waals surface area contributed by atoms with Crippen molar-refractivity contribution in [3.05, 3.63) is 18.0 Å². The van der Waals surface area contributed by atoms with Crippen molar-refractivity contribution in [2.24, 2.45) is 0 Å². The van der Waals surface area contributed by atoms with Crippen LogP contribution in [0.25, 0.3) is 0 Å². The van der Waals surface area contributed by atoms with Gasteiger partial charge in [-0.05, 0) is 19.4 Å². The lowest BCUT2D eigenvalue weighted by molar-refractivity contribution is -0.0442. The first-order chi connectivity index (χ1) is 8.88. The number of carboxylic acid groups (broad SMARTS) is 1. The van der Waals surface area contributed by atoms with Crippen LogP contribution in [0.1, 0.15) is 30.8 Å². The smallest absolute Gasteiger partial charge is 0.352 e. The molecule has 7 nitrogen and oxygen atoms in total. The summed E-state index contributed by atoms with van der Waals surface area (Å²) in [6, 6.07) is 1.15. The number of nitrogens with zero attached hydrogens (tertiary/aromatic N) is 2. The normalized spacial score (nSPS) is 12.0. The lowest BCUT2D eigenvalue weighted by atomic mass is 10.4. The van der Waals surface area contributed by atoms with E-state index >= 15 is 0 Å². The Morgan fingerprint density at radius 1 is 1.47 bits per heavy atom. The molecule has 0 aliphatic heterocycles. The molecule has 1 aromatic heterocycles. The van der Waals surface area contributed by atoms with E-state index in [1.807, 2.05) is 6.92 Å². The van der Waals surface area contributed by atoms with Crippen molar-refractivity contribution in [3.63, 3.8) is 0 Å². The molecule has 0 bridgehead atoms. The van der Waals surface area contributed by atoms with Crippen LogP contribution in [-0.4, -0.2) is 42.2 Å². The third kappa shape index (κ3) is 3.14. The summed E-state index contributed by atoms with van der Waals surface area (Å²) in [5.41, 5.74) is -0.0485. The molecule has 0 saturated heterocycles. The predicted molar refractivity (Wildman–Crippen MR) is 68.3 cm³/mol. The molecule has 8 heteroatoms. The Labute approximate surface area is 112 Å². The Hall–Kier alpha value is -1.38. The maximum atomic E-state index is 12.2. The van der Waals surface area contributed by atoms with Crippen LogP contribution < -0.4 is 0 Å². The number of aromatic carboxylic acids is 1. The van der Waals surface area contributed by atoms with Crippen LogP contribution in [0.15, 0.2) is 17.2 Å². The Morgan fingerprint density at radius 2 is 2.11 bits per heavy atom. The van der Waals surface area contributed by atoms with Gasteiger partial charge in [-0.25, -0.2) is 13.2 Å². The quantitative estimate of drug-likeness (QED) is 0.761. The van der Waals surface area contributed by atoms with Gasteiger partial charge in [-0.1, -0.05) is 11.4 Å². The fourth-order valence-electron chi connectivity index (χ4n) is 1.74. The minimum Gasteiger partial charge on any atom is -0.477 e. The Balaban J connectivity index is 3.28. The van der Waals surface area contributed by atoms with Gasteiger partial charge >= 0.3 is 5.97 Å². The lowest BCUT2D eigenvalue weighted by Crippen LogP contribution is -2.29. The number of hydrogen-bond donors (Lipinski definition) is 1. The zero-order valence-electron chi connectivity index (χ0n) is 11.2. The van der Waals surface area contributed by atoms with E-state index in [9.17, 15) is 13.2 Å². The summed E-state index contributed by atoms with van der Waals surface area (Å²) >= 11 is 0. The Morgan fingerprint density at radius 3 is 2.53 bits per heavy atom. The summed E-state index contributed by atoms with van der Waals surface area (Å²) in [6.45, 7) is 4.09. The average Bonchev–Trinajstić information content (AvgIpc) is 2.75. The number of carbonyl (C=O) groups is 1. The van der Waals surface area contributed by atoms with Gasteiger partial charge in [0.15, 0.2) is 0 Å². The molecule has 0 atom stereocenters. The van der Waals surface area contributed by atoms with E-state index in [0.29, 0.717) is 13.0 Å². The second-order valence-electron chi connectivity index (χ2n) is 3.87. The monoisotopic (exact) mass is 290 g/mol. The number of aryl methyl sites for hydroxylation is 1. The number of hydroxylamine groups is 1. The summed E-state index contributed by atoms with van der Waals surface area (Å²) in [4.78, 5) is 15.8. The molecule has 0 amide bonds. The van der Waals surface area contributed by atoms with Gasteiger partial charge in [0.1, 0.15) is 10.6 Å².